The van der Waals surface area contributed by atoms with E-state index in [1.165, 1.54) is 18.2 Å². The summed E-state index contributed by atoms with van der Waals surface area (Å²) in [5.74, 6) is 0. The summed E-state index contributed by atoms with van der Waals surface area (Å²) in [7, 11) is -4.17. The quantitative estimate of drug-likeness (QED) is 0.277. The van der Waals surface area contributed by atoms with Crippen molar-refractivity contribution >= 4 is 21.4 Å². The minimum atomic E-state index is -4.17. The average Bonchev–Trinajstić information content (AvgIpc) is 2.95. The molecule has 0 aliphatic carbocycles. The summed E-state index contributed by atoms with van der Waals surface area (Å²) >= 11 is 0. The van der Waals surface area contributed by atoms with Gasteiger partial charge in [0, 0.05) is 17.5 Å². The van der Waals surface area contributed by atoms with Crippen LogP contribution in [-0.2, 0) is 10.0 Å². The molecule has 0 spiro atoms. The van der Waals surface area contributed by atoms with E-state index in [4.69, 9.17) is 5.53 Å². The Hall–Kier alpha value is -3.10. The summed E-state index contributed by atoms with van der Waals surface area (Å²) in [4.78, 5) is 12.8. The molecule has 0 saturated heterocycles. The summed E-state index contributed by atoms with van der Waals surface area (Å²) in [6.45, 7) is -0.0994. The zero-order valence-corrected chi connectivity index (χ0v) is 13.0. The fraction of sp³-hybridized carbons (Fsp3) is 0.143. The molecule has 2 aromatic rings. The Morgan fingerprint density at radius 1 is 1.21 bits per heavy atom. The van der Waals surface area contributed by atoms with E-state index in [1.807, 2.05) is 0 Å². The van der Waals surface area contributed by atoms with E-state index in [9.17, 15) is 18.5 Å². The minimum absolute atomic E-state index is 0.0994. The number of rotatable bonds is 4. The lowest BCUT2D eigenvalue weighted by molar-refractivity contribution is -0.387. The molecule has 2 aromatic carbocycles. The number of fused-ring (bicyclic) bond motifs is 1. The third kappa shape index (κ3) is 2.43. The van der Waals surface area contributed by atoms with Crippen LogP contribution in [-0.4, -0.2) is 19.9 Å². The van der Waals surface area contributed by atoms with E-state index in [0.29, 0.717) is 11.3 Å². The number of benzene rings is 2. The highest BCUT2D eigenvalue weighted by molar-refractivity contribution is 7.93. The van der Waals surface area contributed by atoms with Gasteiger partial charge < -0.3 is 0 Å². The molecule has 0 fully saturated rings. The molecule has 9 nitrogen and oxygen atoms in total. The first-order valence-corrected chi connectivity index (χ1v) is 8.30. The fourth-order valence-electron chi connectivity index (χ4n) is 2.68. The molecule has 1 heterocycles. The summed E-state index contributed by atoms with van der Waals surface area (Å²) in [5, 5.41) is 14.8. The molecule has 0 saturated carbocycles. The third-order valence-corrected chi connectivity index (χ3v) is 5.55. The Morgan fingerprint density at radius 2 is 1.88 bits per heavy atom. The molecular formula is C14H11N5O4S. The van der Waals surface area contributed by atoms with Gasteiger partial charge in [0.05, 0.1) is 16.7 Å². The molecular weight excluding hydrogens is 334 g/mol. The fourth-order valence-corrected chi connectivity index (χ4v) is 4.34. The number of nitro benzene ring substituents is 1. The molecule has 24 heavy (non-hydrogen) atoms. The molecule has 122 valence electrons. The Kier molecular flexibility index (Phi) is 3.84. The van der Waals surface area contributed by atoms with E-state index in [2.05, 4.69) is 10.0 Å². The molecule has 0 N–H and O–H groups in total. The SMILES string of the molecule is [N-]=[N+]=NC1CN(S(=O)(=O)c2ccccc2[N+](=O)[O-])c2ccccc21. The van der Waals surface area contributed by atoms with Crippen molar-refractivity contribution in [3.8, 4) is 0 Å². The van der Waals surface area contributed by atoms with Crippen LogP contribution in [0.4, 0.5) is 11.4 Å². The Morgan fingerprint density at radius 3 is 2.58 bits per heavy atom. The van der Waals surface area contributed by atoms with Crippen molar-refractivity contribution in [2.24, 2.45) is 5.11 Å². The molecule has 0 radical (unpaired) electrons. The molecule has 0 amide bonds. The third-order valence-electron chi connectivity index (χ3n) is 3.72. The largest absolute Gasteiger partial charge is 0.289 e. The van der Waals surface area contributed by atoms with Crippen LogP contribution in [0.5, 0.6) is 0 Å². The van der Waals surface area contributed by atoms with Crippen molar-refractivity contribution < 1.29 is 13.3 Å². The van der Waals surface area contributed by atoms with Crippen molar-refractivity contribution in [2.75, 3.05) is 10.8 Å². The number of hydrogen-bond acceptors (Lipinski definition) is 5. The first-order valence-electron chi connectivity index (χ1n) is 6.86. The smallest absolute Gasteiger partial charge is 0.265 e. The van der Waals surface area contributed by atoms with E-state index in [-0.39, 0.29) is 6.54 Å². The zero-order chi connectivity index (χ0) is 17.3. The van der Waals surface area contributed by atoms with Gasteiger partial charge in [-0.25, -0.2) is 8.42 Å². The van der Waals surface area contributed by atoms with Crippen molar-refractivity contribution in [1.29, 1.82) is 0 Å². The van der Waals surface area contributed by atoms with Crippen LogP contribution < -0.4 is 4.31 Å². The average molecular weight is 345 g/mol. The van der Waals surface area contributed by atoms with Crippen molar-refractivity contribution in [3.05, 3.63) is 74.7 Å². The van der Waals surface area contributed by atoms with Gasteiger partial charge in [-0.15, -0.1) is 0 Å². The van der Waals surface area contributed by atoms with Crippen molar-refractivity contribution in [1.82, 2.24) is 0 Å². The molecule has 1 aliphatic rings. The number of para-hydroxylation sites is 2. The first kappa shape index (κ1) is 15.8. The first-order chi connectivity index (χ1) is 11.5. The maximum absolute atomic E-state index is 13.0. The Balaban J connectivity index is 2.16. The van der Waals surface area contributed by atoms with Gasteiger partial charge in [0.15, 0.2) is 4.90 Å². The minimum Gasteiger partial charge on any atom is -0.265 e. The van der Waals surface area contributed by atoms with Crippen LogP contribution in [0.1, 0.15) is 11.6 Å². The summed E-state index contributed by atoms with van der Waals surface area (Å²) < 4.78 is 27.0. The molecule has 1 unspecified atom stereocenters. The van der Waals surface area contributed by atoms with Crippen molar-refractivity contribution in [2.45, 2.75) is 10.9 Å². The number of anilines is 1. The monoisotopic (exact) mass is 345 g/mol. The molecule has 3 rings (SSSR count). The number of azide groups is 1. The van der Waals surface area contributed by atoms with Crippen LogP contribution in [0, 0.1) is 10.1 Å². The summed E-state index contributed by atoms with van der Waals surface area (Å²) in [6, 6.07) is 11.1. The van der Waals surface area contributed by atoms with E-state index >= 15 is 0 Å². The molecule has 0 bridgehead atoms. The maximum Gasteiger partial charge on any atom is 0.289 e. The van der Waals surface area contributed by atoms with Gasteiger partial charge >= 0.3 is 0 Å². The van der Waals surface area contributed by atoms with E-state index in [0.717, 1.165) is 10.4 Å². The highest BCUT2D eigenvalue weighted by Gasteiger charge is 2.38. The van der Waals surface area contributed by atoms with Gasteiger partial charge in [0.2, 0.25) is 0 Å². The topological polar surface area (TPSA) is 129 Å². The molecule has 10 heteroatoms. The maximum atomic E-state index is 13.0. The van der Waals surface area contributed by atoms with Crippen LogP contribution >= 0.6 is 0 Å². The highest BCUT2D eigenvalue weighted by atomic mass is 32.2. The zero-order valence-electron chi connectivity index (χ0n) is 12.2. The van der Waals surface area contributed by atoms with Gasteiger partial charge in [-0.05, 0) is 23.2 Å². The van der Waals surface area contributed by atoms with Crippen molar-refractivity contribution in [3.63, 3.8) is 0 Å². The second-order valence-electron chi connectivity index (χ2n) is 5.04. The van der Waals surface area contributed by atoms with E-state index < -0.39 is 31.6 Å². The molecule has 0 aromatic heterocycles. The van der Waals surface area contributed by atoms with Gasteiger partial charge in [-0.1, -0.05) is 35.4 Å². The van der Waals surface area contributed by atoms with Crippen LogP contribution in [0.15, 0.2) is 58.5 Å². The highest BCUT2D eigenvalue weighted by Crippen LogP contribution is 2.41. The van der Waals surface area contributed by atoms with Gasteiger partial charge in [0.25, 0.3) is 15.7 Å². The van der Waals surface area contributed by atoms with Crippen LogP contribution in [0.2, 0.25) is 0 Å². The number of nitrogens with zero attached hydrogens (tertiary/aromatic N) is 5. The predicted octanol–water partition coefficient (Wildman–Crippen LogP) is 3.16. The normalized spacial score (nSPS) is 16.3. The number of nitro groups is 1. The lowest BCUT2D eigenvalue weighted by Gasteiger charge is -2.19. The number of hydrogen-bond donors (Lipinski definition) is 0. The lowest BCUT2D eigenvalue weighted by atomic mass is 10.1. The van der Waals surface area contributed by atoms with Gasteiger partial charge in [-0.3, -0.25) is 14.4 Å². The lowest BCUT2D eigenvalue weighted by Crippen LogP contribution is -2.30. The second-order valence-corrected chi connectivity index (χ2v) is 6.87. The van der Waals surface area contributed by atoms with Crippen LogP contribution in [0.25, 0.3) is 10.4 Å². The standard InChI is InChI=1S/C14H11N5O4S/c15-17-16-11-9-18(12-6-2-1-5-10(11)12)24(22,23)14-8-4-3-7-13(14)19(20)21/h1-8,11H,9H2. The van der Waals surface area contributed by atoms with Gasteiger partial charge in [0.1, 0.15) is 0 Å². The Bertz CT molecular complexity index is 969. The molecule has 1 atom stereocenters. The number of sulfonamides is 1. The predicted molar refractivity (Wildman–Crippen MR) is 86.0 cm³/mol. The summed E-state index contributed by atoms with van der Waals surface area (Å²) in [6.07, 6.45) is 0. The Labute approximate surface area is 137 Å². The van der Waals surface area contributed by atoms with Gasteiger partial charge in [-0.2, -0.15) is 0 Å². The summed E-state index contributed by atoms with van der Waals surface area (Å²) in [5.41, 5.74) is 9.10. The second kappa shape index (κ2) is 5.84. The van der Waals surface area contributed by atoms with Crippen LogP contribution in [0.3, 0.4) is 0 Å². The molecule has 1 aliphatic heterocycles. The van der Waals surface area contributed by atoms with E-state index in [1.54, 1.807) is 24.3 Å².